The molecule has 0 atom stereocenters. The third kappa shape index (κ3) is 5.08. The average Bonchev–Trinajstić information content (AvgIpc) is 2.74. The molecule has 4 nitrogen and oxygen atoms in total. The van der Waals surface area contributed by atoms with E-state index in [2.05, 4.69) is 82.4 Å². The van der Waals surface area contributed by atoms with Gasteiger partial charge in [0.2, 0.25) is 0 Å². The molecule has 3 aromatic carbocycles. The first-order valence-electron chi connectivity index (χ1n) is 11.0. The number of para-hydroxylation sites is 3. The second kappa shape index (κ2) is 10.1. The van der Waals surface area contributed by atoms with E-state index in [0.29, 0.717) is 0 Å². The molecule has 0 aromatic heterocycles. The molecule has 3 aromatic rings. The van der Waals surface area contributed by atoms with E-state index >= 15 is 0 Å². The molecule has 170 valence electrons. The number of hydrogen-bond donors (Lipinski definition) is 0. The maximum Gasteiger partial charge on any atom is 0.130 e. The van der Waals surface area contributed by atoms with Crippen LogP contribution in [0.4, 0.5) is 0 Å². The summed E-state index contributed by atoms with van der Waals surface area (Å²) >= 11 is 0. The summed E-state index contributed by atoms with van der Waals surface area (Å²) in [7, 11) is 7.56. The number of aryl methyl sites for hydroxylation is 3. The normalized spacial score (nSPS) is 11.3. The molecule has 4 heteroatoms. The molecule has 32 heavy (non-hydrogen) atoms. The van der Waals surface area contributed by atoms with Crippen molar-refractivity contribution in [2.45, 2.75) is 40.4 Å². The Hall–Kier alpha value is -2.98. The topological polar surface area (TPSA) is 27.7 Å². The van der Waals surface area contributed by atoms with Crippen LogP contribution in [0.3, 0.4) is 0 Å². The highest BCUT2D eigenvalue weighted by molar-refractivity contribution is 5.43. The molecule has 0 saturated carbocycles. The van der Waals surface area contributed by atoms with E-state index in [4.69, 9.17) is 14.2 Å². The summed E-state index contributed by atoms with van der Waals surface area (Å²) in [5.41, 5.74) is 7.06. The third-order valence-electron chi connectivity index (χ3n) is 6.15. The zero-order chi connectivity index (χ0) is 23.3. The van der Waals surface area contributed by atoms with E-state index in [-0.39, 0.29) is 0 Å². The van der Waals surface area contributed by atoms with E-state index in [0.717, 1.165) is 58.1 Å². The predicted octanol–water partition coefficient (Wildman–Crippen LogP) is 5.98. The molecule has 0 aliphatic carbocycles. The lowest BCUT2D eigenvalue weighted by Gasteiger charge is -2.36. The van der Waals surface area contributed by atoms with Crippen LogP contribution in [0.25, 0.3) is 0 Å². The summed E-state index contributed by atoms with van der Waals surface area (Å²) in [6.45, 7) is 8.75. The number of benzene rings is 3. The molecule has 0 radical (unpaired) electrons. The highest BCUT2D eigenvalue weighted by Gasteiger charge is 2.29. The fourth-order valence-corrected chi connectivity index (χ4v) is 4.79. The van der Waals surface area contributed by atoms with E-state index in [1.54, 1.807) is 21.3 Å². The van der Waals surface area contributed by atoms with Crippen molar-refractivity contribution < 1.29 is 18.7 Å². The van der Waals surface area contributed by atoms with E-state index in [9.17, 15) is 0 Å². The number of hydrogen-bond acceptors (Lipinski definition) is 3. The van der Waals surface area contributed by atoms with Crippen LogP contribution in [0.15, 0.2) is 54.6 Å². The zero-order valence-corrected chi connectivity index (χ0v) is 20.5. The van der Waals surface area contributed by atoms with Crippen LogP contribution in [0.5, 0.6) is 17.2 Å². The Morgan fingerprint density at radius 2 is 0.812 bits per heavy atom. The van der Waals surface area contributed by atoms with Crippen LogP contribution < -0.4 is 14.2 Å². The lowest BCUT2D eigenvalue weighted by Crippen LogP contribution is -2.42. The Morgan fingerprint density at radius 3 is 1.06 bits per heavy atom. The van der Waals surface area contributed by atoms with Crippen LogP contribution >= 0.6 is 0 Å². The molecule has 0 bridgehead atoms. The minimum Gasteiger partial charge on any atom is -0.496 e. The fourth-order valence-electron chi connectivity index (χ4n) is 4.79. The minimum atomic E-state index is 0.749. The molecule has 0 saturated heterocycles. The quantitative estimate of drug-likeness (QED) is 0.388. The number of ether oxygens (including phenoxy) is 3. The summed E-state index contributed by atoms with van der Waals surface area (Å²) < 4.78 is 18.1. The Kier molecular flexibility index (Phi) is 7.47. The van der Waals surface area contributed by atoms with Gasteiger partial charge in [-0.05, 0) is 55.7 Å². The van der Waals surface area contributed by atoms with Crippen LogP contribution in [-0.2, 0) is 19.6 Å². The molecule has 0 aliphatic rings. The summed E-state index contributed by atoms with van der Waals surface area (Å²) in [5, 5.41) is 0. The van der Waals surface area contributed by atoms with Crippen molar-refractivity contribution in [2.75, 3.05) is 28.4 Å². The first kappa shape index (κ1) is 23.7. The first-order valence-corrected chi connectivity index (χ1v) is 11.0. The molecule has 0 heterocycles. The lowest BCUT2D eigenvalue weighted by molar-refractivity contribution is -0.948. The Balaban J connectivity index is 2.08. The van der Waals surface area contributed by atoms with Crippen molar-refractivity contribution in [3.63, 3.8) is 0 Å². The first-order chi connectivity index (χ1) is 15.3. The van der Waals surface area contributed by atoms with Crippen LogP contribution in [0.1, 0.15) is 33.4 Å². The Morgan fingerprint density at radius 1 is 0.531 bits per heavy atom. The second-order valence-corrected chi connectivity index (χ2v) is 8.90. The smallest absolute Gasteiger partial charge is 0.130 e. The maximum absolute atomic E-state index is 5.79. The van der Waals surface area contributed by atoms with Crippen molar-refractivity contribution >= 4 is 0 Å². The zero-order valence-electron chi connectivity index (χ0n) is 20.5. The van der Waals surface area contributed by atoms with E-state index in [1.807, 2.05) is 0 Å². The van der Waals surface area contributed by atoms with Gasteiger partial charge in [-0.15, -0.1) is 0 Å². The van der Waals surface area contributed by atoms with Gasteiger partial charge in [0.1, 0.15) is 36.9 Å². The van der Waals surface area contributed by atoms with Crippen molar-refractivity contribution in [1.82, 2.24) is 0 Å². The maximum atomic E-state index is 5.79. The van der Waals surface area contributed by atoms with Crippen LogP contribution in [0, 0.1) is 20.8 Å². The number of methoxy groups -OCH3 is 3. The van der Waals surface area contributed by atoms with E-state index in [1.165, 1.54) is 16.7 Å². The van der Waals surface area contributed by atoms with Crippen molar-refractivity contribution in [2.24, 2.45) is 0 Å². The summed E-state index contributed by atoms with van der Waals surface area (Å²) in [4.78, 5) is 0. The molecule has 0 amide bonds. The van der Waals surface area contributed by atoms with Gasteiger partial charge in [0.15, 0.2) is 0 Å². The molecule has 0 fully saturated rings. The average molecular weight is 435 g/mol. The second-order valence-electron chi connectivity index (χ2n) is 8.90. The molecular weight excluding hydrogens is 398 g/mol. The van der Waals surface area contributed by atoms with Crippen molar-refractivity contribution in [3.8, 4) is 17.2 Å². The summed E-state index contributed by atoms with van der Waals surface area (Å²) in [6.07, 6.45) is 0. The SMILES string of the molecule is COc1c(C)cccc1C[N+](C)(Cc1cccc(C)c1OC)Cc1cccc(C)c1OC. The highest BCUT2D eigenvalue weighted by Crippen LogP contribution is 2.34. The molecular formula is C28H36NO3+. The number of rotatable bonds is 9. The van der Waals surface area contributed by atoms with Gasteiger partial charge < -0.3 is 18.7 Å². The third-order valence-corrected chi connectivity index (χ3v) is 6.15. The highest BCUT2D eigenvalue weighted by atomic mass is 16.5. The summed E-state index contributed by atoms with van der Waals surface area (Å²) in [6, 6.07) is 19.1. The van der Waals surface area contributed by atoms with Gasteiger partial charge in [-0.1, -0.05) is 36.4 Å². The number of nitrogens with zero attached hydrogens (tertiary/aromatic N) is 1. The number of quaternary nitrogens is 1. The minimum absolute atomic E-state index is 0.749. The molecule has 3 rings (SSSR count). The predicted molar refractivity (Wildman–Crippen MR) is 130 cm³/mol. The van der Waals surface area contributed by atoms with Gasteiger partial charge in [-0.3, -0.25) is 0 Å². The van der Waals surface area contributed by atoms with Gasteiger partial charge >= 0.3 is 0 Å². The molecule has 0 unspecified atom stereocenters. The largest absolute Gasteiger partial charge is 0.496 e. The molecule has 0 aliphatic heterocycles. The van der Waals surface area contributed by atoms with Gasteiger partial charge in [0.25, 0.3) is 0 Å². The van der Waals surface area contributed by atoms with E-state index < -0.39 is 0 Å². The summed E-state index contributed by atoms with van der Waals surface area (Å²) in [5.74, 6) is 2.89. The monoisotopic (exact) mass is 434 g/mol. The lowest BCUT2D eigenvalue weighted by atomic mass is 10.0. The van der Waals surface area contributed by atoms with Crippen LogP contribution in [0.2, 0.25) is 0 Å². The molecule has 0 spiro atoms. The Bertz CT molecular complexity index is 940. The van der Waals surface area contributed by atoms with Gasteiger partial charge in [0.05, 0.1) is 28.4 Å². The van der Waals surface area contributed by atoms with Crippen molar-refractivity contribution in [3.05, 3.63) is 88.0 Å². The van der Waals surface area contributed by atoms with Crippen LogP contribution in [-0.4, -0.2) is 32.9 Å². The standard InChI is InChI=1S/C28H36NO3/c1-20-11-8-14-23(26(20)30-5)17-29(4,18-24-15-9-12-21(2)27(24)31-6)19-25-16-10-13-22(3)28(25)32-7/h8-16H,17-19H2,1-7H3/q+1. The fraction of sp³-hybridized carbons (Fsp3) is 0.357. The van der Waals surface area contributed by atoms with Crippen molar-refractivity contribution in [1.29, 1.82) is 0 Å². The molecule has 0 N–H and O–H groups in total. The Labute approximate surface area is 193 Å². The van der Waals surface area contributed by atoms with Gasteiger partial charge in [-0.25, -0.2) is 0 Å². The van der Waals surface area contributed by atoms with Gasteiger partial charge in [-0.2, -0.15) is 0 Å². The van der Waals surface area contributed by atoms with Gasteiger partial charge in [0, 0.05) is 16.7 Å².